The smallest absolute Gasteiger partial charge is 0.272 e. The van der Waals surface area contributed by atoms with E-state index in [1.54, 1.807) is 59.3 Å². The topological polar surface area (TPSA) is 141 Å². The average Bonchev–Trinajstić information content (AvgIpc) is 3.59. The van der Waals surface area contributed by atoms with Crippen LogP contribution in [0.5, 0.6) is 0 Å². The van der Waals surface area contributed by atoms with Crippen molar-refractivity contribution in [1.29, 1.82) is 0 Å². The van der Waals surface area contributed by atoms with E-state index in [0.29, 0.717) is 22.0 Å². The van der Waals surface area contributed by atoms with Crippen LogP contribution < -0.4 is 10.5 Å². The van der Waals surface area contributed by atoms with Crippen LogP contribution in [-0.4, -0.2) is 38.8 Å². The number of carbonyl (C=O) groups excluding carboxylic acids is 1. The quantitative estimate of drug-likeness (QED) is 0.251. The largest absolute Gasteiger partial charge is 0.347 e. The van der Waals surface area contributed by atoms with Crippen molar-refractivity contribution in [3.8, 4) is 26.7 Å². The fourth-order valence-electron chi connectivity index (χ4n) is 4.06. The molecule has 3 aromatic carbocycles. The van der Waals surface area contributed by atoms with E-state index in [0.717, 1.165) is 15.3 Å². The maximum Gasteiger partial charge on any atom is 0.272 e. The number of amides is 1. The monoisotopic (exact) mass is 626 g/mol. The van der Waals surface area contributed by atoms with Gasteiger partial charge in [-0.15, -0.1) is 11.3 Å². The van der Waals surface area contributed by atoms with Gasteiger partial charge in [0.15, 0.2) is 15.5 Å². The molecule has 0 aliphatic carbocycles. The third-order valence-corrected chi connectivity index (χ3v) is 9.65. The van der Waals surface area contributed by atoms with E-state index in [2.05, 4.69) is 10.4 Å². The van der Waals surface area contributed by atoms with Crippen molar-refractivity contribution in [3.63, 3.8) is 0 Å². The SMILES string of the molecule is CS(=O)(=O)c1cccc(-c2ccc(-c3cc(C(=O)NCc4ccc(S(N)(=O)=O)cc4)nn3-c3ccccc3Cl)s2)c1. The van der Waals surface area contributed by atoms with Crippen LogP contribution >= 0.6 is 22.9 Å². The molecular formula is C28H23ClN4O5S3. The summed E-state index contributed by atoms with van der Waals surface area (Å²) in [4.78, 5) is 15.0. The molecule has 3 N–H and O–H groups in total. The van der Waals surface area contributed by atoms with E-state index in [1.165, 1.54) is 29.7 Å². The molecule has 0 spiro atoms. The maximum absolute atomic E-state index is 13.1. The van der Waals surface area contributed by atoms with Crippen LogP contribution in [0, 0.1) is 0 Å². The summed E-state index contributed by atoms with van der Waals surface area (Å²) in [6.45, 7) is 0.137. The fourth-order valence-corrected chi connectivity index (χ4v) is 6.46. The average molecular weight is 627 g/mol. The molecule has 41 heavy (non-hydrogen) atoms. The van der Waals surface area contributed by atoms with Crippen LogP contribution in [0.3, 0.4) is 0 Å². The lowest BCUT2D eigenvalue weighted by molar-refractivity contribution is 0.0945. The molecule has 1 amide bonds. The highest BCUT2D eigenvalue weighted by Crippen LogP contribution is 2.37. The van der Waals surface area contributed by atoms with E-state index in [-0.39, 0.29) is 22.0 Å². The molecule has 0 unspecified atom stereocenters. The zero-order valence-corrected chi connectivity index (χ0v) is 24.7. The first-order valence-electron chi connectivity index (χ1n) is 12.1. The summed E-state index contributed by atoms with van der Waals surface area (Å²) in [6, 6.07) is 25.2. The molecule has 0 saturated heterocycles. The molecule has 5 rings (SSSR count). The van der Waals surface area contributed by atoms with Gasteiger partial charge in [0.05, 0.1) is 31.1 Å². The minimum Gasteiger partial charge on any atom is -0.347 e. The molecule has 0 bridgehead atoms. The zero-order chi connectivity index (χ0) is 29.4. The van der Waals surface area contributed by atoms with Crippen LogP contribution in [0.4, 0.5) is 0 Å². The summed E-state index contributed by atoms with van der Waals surface area (Å²) in [5.74, 6) is -0.440. The number of primary sulfonamides is 1. The van der Waals surface area contributed by atoms with E-state index in [4.69, 9.17) is 16.7 Å². The van der Waals surface area contributed by atoms with Crippen LogP contribution in [-0.2, 0) is 26.4 Å². The summed E-state index contributed by atoms with van der Waals surface area (Å²) in [7, 11) is -7.18. The first kappa shape index (κ1) is 28.7. The molecular weight excluding hydrogens is 604 g/mol. The van der Waals surface area contributed by atoms with Gasteiger partial charge in [-0.25, -0.2) is 26.7 Å². The van der Waals surface area contributed by atoms with Gasteiger partial charge in [0.1, 0.15) is 0 Å². The summed E-state index contributed by atoms with van der Waals surface area (Å²) in [5.41, 5.74) is 2.78. The Labute approximate surface area is 246 Å². The molecule has 210 valence electrons. The second-order valence-electron chi connectivity index (χ2n) is 9.11. The van der Waals surface area contributed by atoms with Crippen LogP contribution in [0.1, 0.15) is 16.1 Å². The molecule has 0 radical (unpaired) electrons. The fraction of sp³-hybridized carbons (Fsp3) is 0.0714. The number of benzene rings is 3. The van der Waals surface area contributed by atoms with Crippen molar-refractivity contribution in [2.45, 2.75) is 16.3 Å². The first-order valence-corrected chi connectivity index (χ1v) is 16.7. The number of carbonyl (C=O) groups is 1. The van der Waals surface area contributed by atoms with Gasteiger partial charge in [0, 0.05) is 17.7 Å². The van der Waals surface area contributed by atoms with Crippen LogP contribution in [0.25, 0.3) is 26.7 Å². The Morgan fingerprint density at radius 2 is 1.61 bits per heavy atom. The van der Waals surface area contributed by atoms with Crippen LogP contribution in [0.15, 0.2) is 101 Å². The third-order valence-electron chi connectivity index (χ3n) is 6.13. The van der Waals surface area contributed by atoms with Crippen molar-refractivity contribution >= 4 is 48.7 Å². The van der Waals surface area contributed by atoms with Crippen molar-refractivity contribution in [2.24, 2.45) is 5.14 Å². The highest BCUT2D eigenvalue weighted by atomic mass is 35.5. The Hall–Kier alpha value is -3.81. The minimum atomic E-state index is -3.81. The molecule has 2 aromatic heterocycles. The number of nitrogens with one attached hydrogen (secondary N) is 1. The second-order valence-corrected chi connectivity index (χ2v) is 14.2. The first-order chi connectivity index (χ1) is 19.4. The summed E-state index contributed by atoms with van der Waals surface area (Å²) in [5, 5.41) is 12.9. The van der Waals surface area contributed by atoms with Gasteiger partial charge in [0.25, 0.3) is 5.91 Å². The molecule has 0 aliphatic heterocycles. The normalized spacial score (nSPS) is 11.9. The lowest BCUT2D eigenvalue weighted by Gasteiger charge is -2.08. The van der Waals surface area contributed by atoms with Crippen molar-refractivity contribution in [2.75, 3.05) is 6.26 Å². The molecule has 0 saturated carbocycles. The Kier molecular flexibility index (Phi) is 7.86. The molecule has 5 aromatic rings. The number of sulfonamides is 1. The number of aromatic nitrogens is 2. The Morgan fingerprint density at radius 1 is 0.902 bits per heavy atom. The lowest BCUT2D eigenvalue weighted by Crippen LogP contribution is -2.23. The number of halogens is 1. The van der Waals surface area contributed by atoms with Gasteiger partial charge in [-0.3, -0.25) is 4.79 Å². The Balaban J connectivity index is 1.47. The number of rotatable bonds is 8. The van der Waals surface area contributed by atoms with Crippen molar-refractivity contribution < 1.29 is 21.6 Å². The zero-order valence-electron chi connectivity index (χ0n) is 21.5. The molecule has 13 heteroatoms. The maximum atomic E-state index is 13.1. The number of nitrogens with zero attached hydrogens (tertiary/aromatic N) is 2. The van der Waals surface area contributed by atoms with Crippen molar-refractivity contribution in [1.82, 2.24) is 15.1 Å². The molecule has 2 heterocycles. The predicted octanol–water partition coefficient (Wildman–Crippen LogP) is 4.90. The van der Waals surface area contributed by atoms with Crippen molar-refractivity contribution in [3.05, 3.63) is 107 Å². The molecule has 9 nitrogen and oxygen atoms in total. The number of sulfone groups is 1. The number of nitrogens with two attached hydrogens (primary N) is 1. The van der Waals surface area contributed by atoms with Gasteiger partial charge in [-0.05, 0) is 65.7 Å². The highest BCUT2D eigenvalue weighted by Gasteiger charge is 2.20. The van der Waals surface area contributed by atoms with Crippen LogP contribution in [0.2, 0.25) is 5.02 Å². The van der Waals surface area contributed by atoms with E-state index in [9.17, 15) is 21.6 Å². The van der Waals surface area contributed by atoms with Gasteiger partial charge in [-0.2, -0.15) is 5.10 Å². The van der Waals surface area contributed by atoms with E-state index >= 15 is 0 Å². The highest BCUT2D eigenvalue weighted by molar-refractivity contribution is 7.90. The number of hydrogen-bond acceptors (Lipinski definition) is 7. The third kappa shape index (κ3) is 6.42. The Bertz CT molecular complexity index is 1980. The summed E-state index contributed by atoms with van der Waals surface area (Å²) in [6.07, 6.45) is 1.17. The number of thiophene rings is 1. The summed E-state index contributed by atoms with van der Waals surface area (Å²) >= 11 is 7.91. The molecule has 0 atom stereocenters. The lowest BCUT2D eigenvalue weighted by atomic mass is 10.2. The van der Waals surface area contributed by atoms with E-state index in [1.807, 2.05) is 24.3 Å². The van der Waals surface area contributed by atoms with Gasteiger partial charge < -0.3 is 5.32 Å². The minimum absolute atomic E-state index is 0.0194. The molecule has 0 fully saturated rings. The van der Waals surface area contributed by atoms with Gasteiger partial charge in [-0.1, -0.05) is 48.0 Å². The van der Waals surface area contributed by atoms with E-state index < -0.39 is 25.8 Å². The number of para-hydroxylation sites is 1. The Morgan fingerprint density at radius 3 is 2.29 bits per heavy atom. The van der Waals surface area contributed by atoms with Gasteiger partial charge >= 0.3 is 0 Å². The molecule has 0 aliphatic rings. The second kappa shape index (κ2) is 11.2. The number of hydrogen-bond donors (Lipinski definition) is 2. The summed E-state index contributed by atoms with van der Waals surface area (Å²) < 4.78 is 48.7. The van der Waals surface area contributed by atoms with Gasteiger partial charge in [0.2, 0.25) is 10.0 Å². The standard InChI is InChI=1S/C28H23ClN4O5S3/c1-40(35,36)21-6-4-5-19(15-21)26-13-14-27(39-26)25-16-23(32-33(25)24-8-3-2-7-22(24)29)28(34)31-17-18-9-11-20(12-10-18)41(30,37)38/h2-16H,17H2,1H3,(H,31,34)(H2,30,37,38). The predicted molar refractivity (Wildman–Crippen MR) is 159 cm³/mol.